The predicted molar refractivity (Wildman–Crippen MR) is 74.9 cm³/mol. The number of hydrogen-bond donors (Lipinski definition) is 1. The monoisotopic (exact) mass is 264 g/mol. The van der Waals surface area contributed by atoms with Gasteiger partial charge in [0.25, 0.3) is 0 Å². The Morgan fingerprint density at radius 1 is 1.53 bits per heavy atom. The van der Waals surface area contributed by atoms with Gasteiger partial charge in [-0.15, -0.1) is 0 Å². The van der Waals surface area contributed by atoms with Crippen molar-refractivity contribution in [1.29, 1.82) is 0 Å². The second kappa shape index (κ2) is 6.82. The highest BCUT2D eigenvalue weighted by atomic mass is 16.5. The van der Waals surface area contributed by atoms with Crippen molar-refractivity contribution in [3.63, 3.8) is 0 Å². The highest BCUT2D eigenvalue weighted by Gasteiger charge is 2.24. The summed E-state index contributed by atoms with van der Waals surface area (Å²) in [6.45, 7) is 9.97. The van der Waals surface area contributed by atoms with Gasteiger partial charge < -0.3 is 4.74 Å². The standard InChI is InChI=1S/C14H24N4O/c1-4-5-13-15-14(17-16-13)12-10-18(8-9-19-12)7-6-11(2)3/h6,12H,4-5,7-10H2,1-3H3,(H,15,16,17)/t12-/m1/s1. The van der Waals surface area contributed by atoms with Crippen molar-refractivity contribution in [2.24, 2.45) is 0 Å². The molecular weight excluding hydrogens is 240 g/mol. The zero-order valence-corrected chi connectivity index (χ0v) is 12.1. The average molecular weight is 264 g/mol. The van der Waals surface area contributed by atoms with Crippen molar-refractivity contribution in [3.05, 3.63) is 23.3 Å². The van der Waals surface area contributed by atoms with E-state index in [1.165, 1.54) is 5.57 Å². The Labute approximate surface area is 115 Å². The predicted octanol–water partition coefficient (Wildman–Crippen LogP) is 2.10. The molecule has 1 aliphatic rings. The van der Waals surface area contributed by atoms with Gasteiger partial charge in [0.15, 0.2) is 5.82 Å². The van der Waals surface area contributed by atoms with E-state index in [1.807, 2.05) is 0 Å². The van der Waals surface area contributed by atoms with E-state index in [4.69, 9.17) is 4.74 Å². The molecule has 1 saturated heterocycles. The Kier molecular flexibility index (Phi) is 5.10. The van der Waals surface area contributed by atoms with E-state index in [-0.39, 0.29) is 6.10 Å². The fraction of sp³-hybridized carbons (Fsp3) is 0.714. The molecular formula is C14H24N4O. The molecule has 5 nitrogen and oxygen atoms in total. The topological polar surface area (TPSA) is 54.0 Å². The lowest BCUT2D eigenvalue weighted by Crippen LogP contribution is -2.38. The van der Waals surface area contributed by atoms with Crippen molar-refractivity contribution in [2.45, 2.75) is 39.7 Å². The Morgan fingerprint density at radius 3 is 3.11 bits per heavy atom. The Hall–Kier alpha value is -1.20. The highest BCUT2D eigenvalue weighted by Crippen LogP contribution is 2.19. The van der Waals surface area contributed by atoms with Gasteiger partial charge >= 0.3 is 0 Å². The summed E-state index contributed by atoms with van der Waals surface area (Å²) in [4.78, 5) is 6.91. The van der Waals surface area contributed by atoms with Gasteiger partial charge in [-0.1, -0.05) is 18.6 Å². The van der Waals surface area contributed by atoms with E-state index in [2.05, 4.69) is 46.9 Å². The molecule has 5 heteroatoms. The van der Waals surface area contributed by atoms with Gasteiger partial charge in [-0.2, -0.15) is 5.10 Å². The molecule has 0 aromatic carbocycles. The average Bonchev–Trinajstić information content (AvgIpc) is 2.86. The zero-order chi connectivity index (χ0) is 13.7. The molecule has 0 unspecified atom stereocenters. The van der Waals surface area contributed by atoms with E-state index >= 15 is 0 Å². The molecule has 0 amide bonds. The number of nitrogens with zero attached hydrogens (tertiary/aromatic N) is 3. The third-order valence-electron chi connectivity index (χ3n) is 3.23. The minimum Gasteiger partial charge on any atom is -0.367 e. The molecule has 19 heavy (non-hydrogen) atoms. The largest absolute Gasteiger partial charge is 0.367 e. The van der Waals surface area contributed by atoms with E-state index in [9.17, 15) is 0 Å². The number of aryl methyl sites for hydroxylation is 1. The second-order valence-corrected chi connectivity index (χ2v) is 5.29. The molecule has 1 fully saturated rings. The minimum atomic E-state index is 0.00108. The van der Waals surface area contributed by atoms with Crippen LogP contribution in [0.4, 0.5) is 0 Å². The Bertz CT molecular complexity index is 423. The summed E-state index contributed by atoms with van der Waals surface area (Å²) < 4.78 is 5.79. The van der Waals surface area contributed by atoms with Crippen molar-refractivity contribution in [1.82, 2.24) is 20.1 Å². The van der Waals surface area contributed by atoms with Gasteiger partial charge in [-0.05, 0) is 20.3 Å². The van der Waals surface area contributed by atoms with Crippen molar-refractivity contribution in [2.75, 3.05) is 26.2 Å². The van der Waals surface area contributed by atoms with Crippen LogP contribution in [0.3, 0.4) is 0 Å². The van der Waals surface area contributed by atoms with E-state index < -0.39 is 0 Å². The van der Waals surface area contributed by atoms with Crippen LogP contribution in [0.2, 0.25) is 0 Å². The molecule has 1 N–H and O–H groups in total. The van der Waals surface area contributed by atoms with E-state index in [0.717, 1.165) is 50.7 Å². The van der Waals surface area contributed by atoms with Crippen LogP contribution in [-0.4, -0.2) is 46.3 Å². The first-order chi connectivity index (χ1) is 9.19. The van der Waals surface area contributed by atoms with Crippen LogP contribution in [-0.2, 0) is 11.2 Å². The van der Waals surface area contributed by atoms with Gasteiger partial charge in [0.05, 0.1) is 6.61 Å². The van der Waals surface area contributed by atoms with Gasteiger partial charge in [0.1, 0.15) is 11.9 Å². The lowest BCUT2D eigenvalue weighted by Gasteiger charge is -2.30. The number of morpholine rings is 1. The number of ether oxygens (including phenoxy) is 1. The van der Waals surface area contributed by atoms with Gasteiger partial charge in [0.2, 0.25) is 0 Å². The number of rotatable bonds is 5. The van der Waals surface area contributed by atoms with E-state index in [0.29, 0.717) is 0 Å². The molecule has 0 spiro atoms. The molecule has 1 atom stereocenters. The van der Waals surface area contributed by atoms with Gasteiger partial charge in [-0.3, -0.25) is 10.00 Å². The molecule has 1 aliphatic heterocycles. The summed E-state index contributed by atoms with van der Waals surface area (Å²) in [6, 6.07) is 0. The van der Waals surface area contributed by atoms with Gasteiger partial charge in [0, 0.05) is 26.1 Å². The fourth-order valence-corrected chi connectivity index (χ4v) is 2.14. The maximum atomic E-state index is 5.79. The number of allylic oxidation sites excluding steroid dienone is 1. The molecule has 0 bridgehead atoms. The summed E-state index contributed by atoms with van der Waals surface area (Å²) in [5, 5.41) is 7.28. The van der Waals surface area contributed by atoms with Crippen molar-refractivity contribution >= 4 is 0 Å². The smallest absolute Gasteiger partial charge is 0.180 e. The molecule has 0 saturated carbocycles. The minimum absolute atomic E-state index is 0.00108. The SMILES string of the molecule is CCCc1nc([C@H]2CN(CC=C(C)C)CCO2)n[nH]1. The third-order valence-corrected chi connectivity index (χ3v) is 3.23. The number of aromatic nitrogens is 3. The molecule has 2 heterocycles. The molecule has 2 rings (SSSR count). The molecule has 106 valence electrons. The zero-order valence-electron chi connectivity index (χ0n) is 12.1. The first kappa shape index (κ1) is 14.2. The Morgan fingerprint density at radius 2 is 2.37 bits per heavy atom. The first-order valence-electron chi connectivity index (χ1n) is 7.07. The van der Waals surface area contributed by atoms with Gasteiger partial charge in [-0.25, -0.2) is 4.98 Å². The Balaban J connectivity index is 1.94. The van der Waals surface area contributed by atoms with Crippen LogP contribution in [0.1, 0.15) is 44.9 Å². The summed E-state index contributed by atoms with van der Waals surface area (Å²) in [7, 11) is 0. The normalized spacial score (nSPS) is 20.5. The molecule has 0 aliphatic carbocycles. The van der Waals surface area contributed by atoms with Crippen LogP contribution in [0, 0.1) is 0 Å². The molecule has 1 aromatic rings. The van der Waals surface area contributed by atoms with Crippen molar-refractivity contribution < 1.29 is 4.74 Å². The first-order valence-corrected chi connectivity index (χ1v) is 7.07. The fourth-order valence-electron chi connectivity index (χ4n) is 2.14. The van der Waals surface area contributed by atoms with Crippen molar-refractivity contribution in [3.8, 4) is 0 Å². The summed E-state index contributed by atoms with van der Waals surface area (Å²) in [6.07, 6.45) is 4.28. The number of H-pyrrole nitrogens is 1. The number of hydrogen-bond acceptors (Lipinski definition) is 4. The maximum Gasteiger partial charge on any atom is 0.180 e. The summed E-state index contributed by atoms with van der Waals surface area (Å²) in [5.41, 5.74) is 1.35. The lowest BCUT2D eigenvalue weighted by atomic mass is 10.2. The second-order valence-electron chi connectivity index (χ2n) is 5.29. The van der Waals surface area contributed by atoms with E-state index in [1.54, 1.807) is 0 Å². The number of nitrogens with one attached hydrogen (secondary N) is 1. The highest BCUT2D eigenvalue weighted by molar-refractivity contribution is 4.99. The lowest BCUT2D eigenvalue weighted by molar-refractivity contribution is -0.0304. The van der Waals surface area contributed by atoms with Crippen LogP contribution in [0.25, 0.3) is 0 Å². The maximum absolute atomic E-state index is 5.79. The number of aromatic amines is 1. The van der Waals surface area contributed by atoms with Crippen LogP contribution >= 0.6 is 0 Å². The van der Waals surface area contributed by atoms with Crippen LogP contribution in [0.5, 0.6) is 0 Å². The molecule has 0 radical (unpaired) electrons. The quantitative estimate of drug-likeness (QED) is 0.827. The van der Waals surface area contributed by atoms with Crippen LogP contribution < -0.4 is 0 Å². The molecule has 1 aromatic heterocycles. The summed E-state index contributed by atoms with van der Waals surface area (Å²) in [5.74, 6) is 1.76. The third kappa shape index (κ3) is 4.14. The van der Waals surface area contributed by atoms with Crippen LogP contribution in [0.15, 0.2) is 11.6 Å². The summed E-state index contributed by atoms with van der Waals surface area (Å²) >= 11 is 0.